The first kappa shape index (κ1) is 11.7. The second-order valence-electron chi connectivity index (χ2n) is 3.15. The Hall–Kier alpha value is -1.75. The van der Waals surface area contributed by atoms with Crippen molar-refractivity contribution in [3.63, 3.8) is 0 Å². The monoisotopic (exact) mass is 256 g/mol. The van der Waals surface area contributed by atoms with E-state index in [1.54, 1.807) is 6.07 Å². The second-order valence-corrected chi connectivity index (χ2v) is 3.42. The average molecular weight is 257 g/mol. The smallest absolute Gasteiger partial charge is 0.239 e. The molecule has 0 aliphatic carbocycles. The van der Waals surface area contributed by atoms with Crippen LogP contribution in [0.1, 0.15) is 5.69 Å². The Bertz CT molecular complexity index is 519. The maximum Gasteiger partial charge on any atom is 0.239 e. The number of alkyl halides is 1. The molecule has 0 aliphatic rings. The van der Waals surface area contributed by atoms with Gasteiger partial charge in [0.05, 0.1) is 11.6 Å². The third-order valence-electron chi connectivity index (χ3n) is 1.96. The molecule has 1 aromatic carbocycles. The molecule has 0 spiro atoms. The van der Waals surface area contributed by atoms with E-state index in [4.69, 9.17) is 16.3 Å². The van der Waals surface area contributed by atoms with Crippen molar-refractivity contribution in [1.82, 2.24) is 10.2 Å². The zero-order valence-electron chi connectivity index (χ0n) is 8.53. The van der Waals surface area contributed by atoms with Gasteiger partial charge in [-0.2, -0.15) is 9.49 Å². The zero-order valence-corrected chi connectivity index (χ0v) is 9.29. The number of aromatic nitrogens is 2. The summed E-state index contributed by atoms with van der Waals surface area (Å²) in [6.45, 7) is 0. The molecule has 0 radical (unpaired) electrons. The molecule has 2 rings (SSSR count). The molecule has 0 fully saturated rings. The van der Waals surface area contributed by atoms with E-state index in [0.29, 0.717) is 5.69 Å². The number of hydrogen-bond donors (Lipinski definition) is 0. The molecule has 0 amide bonds. The van der Waals surface area contributed by atoms with Crippen molar-refractivity contribution >= 4 is 11.6 Å². The number of nitrogens with zero attached hydrogens (tertiary/aromatic N) is 2. The largest absolute Gasteiger partial charge is 0.434 e. The van der Waals surface area contributed by atoms with Crippen molar-refractivity contribution in [2.75, 3.05) is 0 Å². The molecule has 0 N–H and O–H groups in total. The van der Waals surface area contributed by atoms with E-state index >= 15 is 0 Å². The van der Waals surface area contributed by atoms with Gasteiger partial charge in [-0.05, 0) is 18.2 Å². The minimum atomic E-state index is -1.06. The summed E-state index contributed by atoms with van der Waals surface area (Å²) in [5, 5.41) is 7.39. The molecule has 1 heterocycles. The molecule has 3 nitrogen and oxygen atoms in total. The molecule has 6 heteroatoms. The summed E-state index contributed by atoms with van der Waals surface area (Å²) in [6, 6.07) is 6.72. The van der Waals surface area contributed by atoms with Crippen LogP contribution in [0.2, 0.25) is 0 Å². The first-order chi connectivity index (χ1) is 8.20. The lowest BCUT2D eigenvalue weighted by atomic mass is 10.3. The second kappa shape index (κ2) is 5.05. The lowest BCUT2D eigenvalue weighted by Crippen LogP contribution is -1.96. The van der Waals surface area contributed by atoms with Crippen molar-refractivity contribution in [3.8, 4) is 11.6 Å². The maximum absolute atomic E-state index is 13.3. The molecule has 2 aromatic rings. The number of hydrogen-bond acceptors (Lipinski definition) is 3. The maximum atomic E-state index is 13.3. The highest BCUT2D eigenvalue weighted by atomic mass is 35.5. The standard InChI is InChI=1S/C11H7ClF2N2O/c12-6-7-4-5-10(16-15-7)17-9-3-1-2-8(13)11(9)14/h1-5H,6H2. The van der Waals surface area contributed by atoms with Crippen LogP contribution in [0.3, 0.4) is 0 Å². The van der Waals surface area contributed by atoms with Gasteiger partial charge in [0.15, 0.2) is 11.6 Å². The van der Waals surface area contributed by atoms with E-state index in [1.807, 2.05) is 0 Å². The summed E-state index contributed by atoms with van der Waals surface area (Å²) < 4.78 is 31.2. The number of benzene rings is 1. The molecule has 0 atom stereocenters. The van der Waals surface area contributed by atoms with Crippen LogP contribution in [0.25, 0.3) is 0 Å². The van der Waals surface area contributed by atoms with Gasteiger partial charge in [-0.1, -0.05) is 6.07 Å². The van der Waals surface area contributed by atoms with E-state index < -0.39 is 11.6 Å². The van der Waals surface area contributed by atoms with Crippen molar-refractivity contribution in [2.24, 2.45) is 0 Å². The summed E-state index contributed by atoms with van der Waals surface area (Å²) in [5.41, 5.74) is 0.568. The summed E-state index contributed by atoms with van der Waals surface area (Å²) in [7, 11) is 0. The first-order valence-electron chi connectivity index (χ1n) is 4.71. The van der Waals surface area contributed by atoms with Gasteiger partial charge >= 0.3 is 0 Å². The Labute approximate surface area is 101 Å². The van der Waals surface area contributed by atoms with Gasteiger partial charge in [-0.25, -0.2) is 4.39 Å². The molecule has 0 aliphatic heterocycles. The van der Waals surface area contributed by atoms with E-state index in [0.717, 1.165) is 6.07 Å². The molecular weight excluding hydrogens is 250 g/mol. The molecule has 0 bridgehead atoms. The Morgan fingerprint density at radius 2 is 1.94 bits per heavy atom. The Morgan fingerprint density at radius 3 is 2.59 bits per heavy atom. The van der Waals surface area contributed by atoms with Crippen molar-refractivity contribution in [3.05, 3.63) is 47.7 Å². The van der Waals surface area contributed by atoms with Gasteiger partial charge in [0.25, 0.3) is 0 Å². The fourth-order valence-corrected chi connectivity index (χ4v) is 1.29. The van der Waals surface area contributed by atoms with Gasteiger partial charge in [0.1, 0.15) is 0 Å². The Balaban J connectivity index is 2.22. The van der Waals surface area contributed by atoms with Crippen LogP contribution in [0, 0.1) is 11.6 Å². The van der Waals surface area contributed by atoms with Crippen LogP contribution in [0.4, 0.5) is 8.78 Å². The fourth-order valence-electron chi connectivity index (χ4n) is 1.15. The van der Waals surface area contributed by atoms with Crippen LogP contribution in [0.15, 0.2) is 30.3 Å². The first-order valence-corrected chi connectivity index (χ1v) is 5.24. The van der Waals surface area contributed by atoms with Gasteiger partial charge in [-0.3, -0.25) is 0 Å². The number of rotatable bonds is 3. The van der Waals surface area contributed by atoms with Crippen LogP contribution in [0.5, 0.6) is 11.6 Å². The molecule has 88 valence electrons. The van der Waals surface area contributed by atoms with E-state index in [9.17, 15) is 8.78 Å². The van der Waals surface area contributed by atoms with Crippen molar-refractivity contribution in [1.29, 1.82) is 0 Å². The predicted octanol–water partition coefficient (Wildman–Crippen LogP) is 3.29. The molecule has 17 heavy (non-hydrogen) atoms. The van der Waals surface area contributed by atoms with E-state index in [2.05, 4.69) is 10.2 Å². The topological polar surface area (TPSA) is 35.0 Å². The van der Waals surface area contributed by atoms with Gasteiger partial charge in [0, 0.05) is 6.07 Å². The minimum absolute atomic E-state index is 0.0726. The highest BCUT2D eigenvalue weighted by Crippen LogP contribution is 2.24. The van der Waals surface area contributed by atoms with Crippen molar-refractivity contribution < 1.29 is 13.5 Å². The molecule has 1 aromatic heterocycles. The zero-order chi connectivity index (χ0) is 12.3. The normalized spacial score (nSPS) is 10.3. The Kier molecular flexibility index (Phi) is 3.49. The highest BCUT2D eigenvalue weighted by molar-refractivity contribution is 6.16. The number of ether oxygens (including phenoxy) is 1. The van der Waals surface area contributed by atoms with Crippen LogP contribution >= 0.6 is 11.6 Å². The van der Waals surface area contributed by atoms with Crippen LogP contribution < -0.4 is 4.74 Å². The third-order valence-corrected chi connectivity index (χ3v) is 2.24. The SMILES string of the molecule is Fc1cccc(Oc2ccc(CCl)nn2)c1F. The van der Waals surface area contributed by atoms with E-state index in [1.165, 1.54) is 18.2 Å². The van der Waals surface area contributed by atoms with E-state index in [-0.39, 0.29) is 17.5 Å². The fraction of sp³-hybridized carbons (Fsp3) is 0.0909. The summed E-state index contributed by atoms with van der Waals surface area (Å²) in [4.78, 5) is 0. The van der Waals surface area contributed by atoms with Gasteiger partial charge in [0.2, 0.25) is 11.7 Å². The third kappa shape index (κ3) is 2.68. The summed E-state index contributed by atoms with van der Waals surface area (Å²) >= 11 is 5.53. The highest BCUT2D eigenvalue weighted by Gasteiger charge is 2.10. The van der Waals surface area contributed by atoms with Gasteiger partial charge < -0.3 is 4.74 Å². The quantitative estimate of drug-likeness (QED) is 0.791. The molecular formula is C11H7ClF2N2O. The molecule has 0 saturated heterocycles. The number of halogens is 3. The van der Waals surface area contributed by atoms with Crippen LogP contribution in [-0.4, -0.2) is 10.2 Å². The minimum Gasteiger partial charge on any atom is -0.434 e. The average Bonchev–Trinajstić information content (AvgIpc) is 2.36. The lowest BCUT2D eigenvalue weighted by Gasteiger charge is -2.05. The molecule has 0 unspecified atom stereocenters. The molecule has 0 saturated carbocycles. The summed E-state index contributed by atoms with van der Waals surface area (Å²) in [6.07, 6.45) is 0. The van der Waals surface area contributed by atoms with Crippen LogP contribution in [-0.2, 0) is 5.88 Å². The van der Waals surface area contributed by atoms with Gasteiger partial charge in [-0.15, -0.1) is 16.7 Å². The lowest BCUT2D eigenvalue weighted by molar-refractivity contribution is 0.401. The summed E-state index contributed by atoms with van der Waals surface area (Å²) in [5.74, 6) is -1.98. The van der Waals surface area contributed by atoms with Crippen molar-refractivity contribution in [2.45, 2.75) is 5.88 Å². The predicted molar refractivity (Wildman–Crippen MR) is 58.0 cm³/mol. The Morgan fingerprint density at radius 1 is 1.12 bits per heavy atom.